The van der Waals surface area contributed by atoms with Gasteiger partial charge in [-0.15, -0.1) is 0 Å². The second-order valence-electron chi connectivity index (χ2n) is 8.43. The monoisotopic (exact) mass is 457 g/mol. The molecule has 0 radical (unpaired) electrons. The van der Waals surface area contributed by atoms with Crippen LogP contribution in [0.2, 0.25) is 0 Å². The Balaban J connectivity index is 1.83. The highest BCUT2D eigenvalue weighted by Crippen LogP contribution is 2.41. The molecule has 2 aromatic carbocycles. The Morgan fingerprint density at radius 1 is 1.12 bits per heavy atom. The molecule has 0 spiro atoms. The molecule has 0 saturated carbocycles. The predicted octanol–water partition coefficient (Wildman–Crippen LogP) is 4.31. The van der Waals surface area contributed by atoms with Crippen molar-refractivity contribution in [3.63, 3.8) is 0 Å². The lowest BCUT2D eigenvalue weighted by molar-refractivity contribution is 0.0931. The van der Waals surface area contributed by atoms with Crippen molar-refractivity contribution in [2.75, 3.05) is 13.3 Å². The maximum atomic E-state index is 12.3. The summed E-state index contributed by atoms with van der Waals surface area (Å²) in [5.41, 5.74) is 9.59. The lowest BCUT2D eigenvalue weighted by Crippen LogP contribution is -2.32. The SMILES string of the molecule is Cc1cc([C@@](C)(Oc2ccc3c(c2C#N)OCCC3=O)c2ccc(COCN)cc2)cc(C)n1. The molecule has 1 aromatic heterocycles. The standard InChI is InChI=1S/C27H27N3O4/c1-17-12-21(13-18(2)30-17)27(3,20-6-4-19(5-7-20)15-32-16-29)34-25-9-8-22-24(31)10-11-33-26(22)23(25)14-28/h4-9,12-13H,10-11,15-16,29H2,1-3H3/t27-/m0/s1. The molecule has 0 bridgehead atoms. The lowest BCUT2D eigenvalue weighted by Gasteiger charge is -2.33. The number of hydrogen-bond donors (Lipinski definition) is 1. The summed E-state index contributed by atoms with van der Waals surface area (Å²) in [5, 5.41) is 9.95. The molecule has 1 aliphatic heterocycles. The summed E-state index contributed by atoms with van der Waals surface area (Å²) in [7, 11) is 0. The van der Waals surface area contributed by atoms with Crippen LogP contribution < -0.4 is 15.2 Å². The molecular formula is C27H27N3O4. The molecule has 3 aromatic rings. The minimum absolute atomic E-state index is 0.0391. The number of nitriles is 1. The summed E-state index contributed by atoms with van der Waals surface area (Å²) in [6, 6.07) is 17.4. The summed E-state index contributed by atoms with van der Waals surface area (Å²) in [6.45, 7) is 6.64. The molecule has 174 valence electrons. The van der Waals surface area contributed by atoms with Crippen LogP contribution in [0.15, 0.2) is 48.5 Å². The Kier molecular flexibility index (Phi) is 6.64. The van der Waals surface area contributed by atoms with Gasteiger partial charge in [-0.1, -0.05) is 24.3 Å². The minimum Gasteiger partial charge on any atom is -0.491 e. The van der Waals surface area contributed by atoms with Crippen molar-refractivity contribution in [2.24, 2.45) is 5.73 Å². The maximum Gasteiger partial charge on any atom is 0.170 e. The van der Waals surface area contributed by atoms with Gasteiger partial charge in [0, 0.05) is 23.4 Å². The van der Waals surface area contributed by atoms with E-state index in [2.05, 4.69) is 11.1 Å². The number of carbonyl (C=O) groups is 1. The van der Waals surface area contributed by atoms with Crippen LogP contribution in [0.1, 0.15) is 57.3 Å². The summed E-state index contributed by atoms with van der Waals surface area (Å²) in [4.78, 5) is 16.8. The number of ether oxygens (including phenoxy) is 3. The normalized spacial score (nSPS) is 14.5. The highest BCUT2D eigenvalue weighted by molar-refractivity contribution is 6.00. The van der Waals surface area contributed by atoms with E-state index in [0.717, 1.165) is 28.1 Å². The third-order valence-electron chi connectivity index (χ3n) is 5.95. The van der Waals surface area contributed by atoms with Crippen LogP contribution >= 0.6 is 0 Å². The number of ketones is 1. The van der Waals surface area contributed by atoms with Crippen molar-refractivity contribution in [3.05, 3.63) is 87.7 Å². The van der Waals surface area contributed by atoms with Gasteiger partial charge in [0.25, 0.3) is 0 Å². The average molecular weight is 458 g/mol. The van der Waals surface area contributed by atoms with Gasteiger partial charge in [0.2, 0.25) is 0 Å². The Morgan fingerprint density at radius 2 is 1.82 bits per heavy atom. The Labute approximate surface area is 199 Å². The van der Waals surface area contributed by atoms with Crippen molar-refractivity contribution in [3.8, 4) is 17.6 Å². The van der Waals surface area contributed by atoms with Crippen LogP contribution in [-0.2, 0) is 16.9 Å². The van der Waals surface area contributed by atoms with Crippen LogP contribution in [0.25, 0.3) is 0 Å². The van der Waals surface area contributed by atoms with E-state index in [1.807, 2.05) is 57.2 Å². The van der Waals surface area contributed by atoms with Crippen molar-refractivity contribution >= 4 is 5.78 Å². The first kappa shape index (κ1) is 23.4. The van der Waals surface area contributed by atoms with E-state index in [9.17, 15) is 10.1 Å². The zero-order valence-corrected chi connectivity index (χ0v) is 19.6. The molecule has 7 heteroatoms. The minimum atomic E-state index is -0.954. The van der Waals surface area contributed by atoms with E-state index in [0.29, 0.717) is 24.3 Å². The fourth-order valence-electron chi connectivity index (χ4n) is 4.22. The van der Waals surface area contributed by atoms with Gasteiger partial charge in [-0.3, -0.25) is 9.78 Å². The molecule has 0 saturated heterocycles. The Bertz CT molecular complexity index is 1240. The van der Waals surface area contributed by atoms with Crippen molar-refractivity contribution in [1.29, 1.82) is 5.26 Å². The van der Waals surface area contributed by atoms with Crippen LogP contribution in [0.5, 0.6) is 11.5 Å². The van der Waals surface area contributed by atoms with Crippen LogP contribution in [0, 0.1) is 25.2 Å². The van der Waals surface area contributed by atoms with Crippen molar-refractivity contribution in [1.82, 2.24) is 4.98 Å². The number of hydrogen-bond acceptors (Lipinski definition) is 7. The van der Waals surface area contributed by atoms with Crippen LogP contribution in [0.3, 0.4) is 0 Å². The van der Waals surface area contributed by atoms with Gasteiger partial charge in [0.05, 0.1) is 25.5 Å². The molecule has 0 amide bonds. The zero-order valence-electron chi connectivity index (χ0n) is 19.6. The maximum absolute atomic E-state index is 12.3. The first-order chi connectivity index (χ1) is 16.4. The van der Waals surface area contributed by atoms with E-state index in [-0.39, 0.29) is 30.4 Å². The number of rotatable bonds is 7. The third kappa shape index (κ3) is 4.51. The number of benzene rings is 2. The summed E-state index contributed by atoms with van der Waals surface area (Å²) < 4.78 is 17.7. The highest BCUT2D eigenvalue weighted by Gasteiger charge is 2.34. The molecule has 0 fully saturated rings. The number of Topliss-reactive ketones (excluding diaryl/α,β-unsaturated/α-hetero) is 1. The third-order valence-corrected chi connectivity index (χ3v) is 5.95. The smallest absolute Gasteiger partial charge is 0.170 e. The van der Waals surface area contributed by atoms with E-state index in [1.54, 1.807) is 12.1 Å². The van der Waals surface area contributed by atoms with Crippen LogP contribution in [0.4, 0.5) is 0 Å². The Morgan fingerprint density at radius 3 is 2.47 bits per heavy atom. The molecule has 0 unspecified atom stereocenters. The molecule has 7 nitrogen and oxygen atoms in total. The predicted molar refractivity (Wildman–Crippen MR) is 127 cm³/mol. The largest absolute Gasteiger partial charge is 0.491 e. The molecule has 4 rings (SSSR count). The molecule has 1 atom stereocenters. The number of aryl methyl sites for hydroxylation is 2. The molecule has 2 heterocycles. The number of carbonyl (C=O) groups excluding carboxylic acids is 1. The summed E-state index contributed by atoms with van der Waals surface area (Å²) >= 11 is 0. The van der Waals surface area contributed by atoms with E-state index < -0.39 is 5.60 Å². The average Bonchev–Trinajstić information content (AvgIpc) is 2.82. The number of pyridine rings is 1. The first-order valence-corrected chi connectivity index (χ1v) is 11.1. The van der Waals surface area contributed by atoms with Gasteiger partial charge in [-0.25, -0.2) is 0 Å². The van der Waals surface area contributed by atoms with E-state index >= 15 is 0 Å². The number of fused-ring (bicyclic) bond motifs is 1. The first-order valence-electron chi connectivity index (χ1n) is 11.1. The number of nitrogens with zero attached hydrogens (tertiary/aromatic N) is 2. The molecule has 1 aliphatic rings. The van der Waals surface area contributed by atoms with Crippen molar-refractivity contribution in [2.45, 2.75) is 39.4 Å². The van der Waals surface area contributed by atoms with E-state index in [1.165, 1.54) is 0 Å². The molecular weight excluding hydrogens is 430 g/mol. The summed E-state index contributed by atoms with van der Waals surface area (Å²) in [5.74, 6) is 0.596. The molecule has 2 N–H and O–H groups in total. The fraction of sp³-hybridized carbons (Fsp3) is 0.296. The van der Waals surface area contributed by atoms with E-state index in [4.69, 9.17) is 19.9 Å². The van der Waals surface area contributed by atoms with Crippen LogP contribution in [-0.4, -0.2) is 24.1 Å². The lowest BCUT2D eigenvalue weighted by atomic mass is 9.86. The summed E-state index contributed by atoms with van der Waals surface area (Å²) in [6.07, 6.45) is 0.297. The fourth-order valence-corrected chi connectivity index (χ4v) is 4.22. The second-order valence-corrected chi connectivity index (χ2v) is 8.43. The Hall–Kier alpha value is -3.73. The number of aromatic nitrogens is 1. The van der Waals surface area contributed by atoms with Gasteiger partial charge >= 0.3 is 0 Å². The van der Waals surface area contributed by atoms with Gasteiger partial charge in [0.1, 0.15) is 17.4 Å². The van der Waals surface area contributed by atoms with Gasteiger partial charge < -0.3 is 19.9 Å². The van der Waals surface area contributed by atoms with Crippen molar-refractivity contribution < 1.29 is 19.0 Å². The quantitative estimate of drug-likeness (QED) is 0.527. The van der Waals surface area contributed by atoms with Gasteiger partial charge in [-0.2, -0.15) is 5.26 Å². The zero-order chi connectivity index (χ0) is 24.3. The highest BCUT2D eigenvalue weighted by atomic mass is 16.5. The molecule has 34 heavy (non-hydrogen) atoms. The topological polar surface area (TPSA) is 107 Å². The van der Waals surface area contributed by atoms with Gasteiger partial charge in [-0.05, 0) is 56.2 Å². The number of nitrogens with two attached hydrogens (primary N) is 1. The second kappa shape index (κ2) is 9.64. The van der Waals surface area contributed by atoms with Gasteiger partial charge in [0.15, 0.2) is 17.1 Å². The molecule has 0 aliphatic carbocycles.